The van der Waals surface area contributed by atoms with Gasteiger partial charge >= 0.3 is 0 Å². The van der Waals surface area contributed by atoms with Gasteiger partial charge in [-0.05, 0) is 38.0 Å². The molecular formula is C19H24N2O2. The number of piperidine rings is 1. The third-order valence-electron chi connectivity index (χ3n) is 4.32. The smallest absolute Gasteiger partial charge is 0.213 e. The van der Waals surface area contributed by atoms with Crippen molar-refractivity contribution in [1.82, 2.24) is 9.88 Å². The number of para-hydroxylation sites is 1. The molecule has 1 saturated heterocycles. The van der Waals surface area contributed by atoms with E-state index in [1.807, 2.05) is 48.5 Å². The summed E-state index contributed by atoms with van der Waals surface area (Å²) in [5.41, 5.74) is -0.0697. The van der Waals surface area contributed by atoms with Gasteiger partial charge in [0.1, 0.15) is 18.0 Å². The number of pyridine rings is 1. The topological polar surface area (TPSA) is 34.6 Å². The molecule has 0 bridgehead atoms. The van der Waals surface area contributed by atoms with Crippen LogP contribution in [0.5, 0.6) is 11.6 Å². The first-order valence-electron chi connectivity index (χ1n) is 8.24. The van der Waals surface area contributed by atoms with Gasteiger partial charge in [0.15, 0.2) is 0 Å². The fourth-order valence-electron chi connectivity index (χ4n) is 2.84. The Hall–Kier alpha value is -2.07. The van der Waals surface area contributed by atoms with Gasteiger partial charge in [-0.2, -0.15) is 0 Å². The zero-order valence-corrected chi connectivity index (χ0v) is 13.6. The lowest BCUT2D eigenvalue weighted by Gasteiger charge is -2.39. The van der Waals surface area contributed by atoms with Crippen molar-refractivity contribution in [3.63, 3.8) is 0 Å². The first kappa shape index (κ1) is 15.8. The SMILES string of the molecule is CC1(Oc2ccccc2)CCN(CCOc2ccccn2)CC1. The molecule has 4 nitrogen and oxygen atoms in total. The van der Waals surface area contributed by atoms with Gasteiger partial charge in [-0.15, -0.1) is 0 Å². The minimum atomic E-state index is -0.0697. The summed E-state index contributed by atoms with van der Waals surface area (Å²) in [5.74, 6) is 1.66. The van der Waals surface area contributed by atoms with E-state index in [0.29, 0.717) is 12.5 Å². The second kappa shape index (κ2) is 7.47. The van der Waals surface area contributed by atoms with Crippen LogP contribution in [0.2, 0.25) is 0 Å². The minimum absolute atomic E-state index is 0.0697. The van der Waals surface area contributed by atoms with Crippen LogP contribution in [0, 0.1) is 0 Å². The van der Waals surface area contributed by atoms with Gasteiger partial charge < -0.3 is 9.47 Å². The van der Waals surface area contributed by atoms with E-state index in [2.05, 4.69) is 16.8 Å². The Morgan fingerprint density at radius 2 is 1.78 bits per heavy atom. The maximum Gasteiger partial charge on any atom is 0.213 e. The number of aromatic nitrogens is 1. The van der Waals surface area contributed by atoms with Gasteiger partial charge in [-0.25, -0.2) is 4.98 Å². The molecule has 122 valence electrons. The number of likely N-dealkylation sites (tertiary alicyclic amines) is 1. The predicted molar refractivity (Wildman–Crippen MR) is 90.9 cm³/mol. The Balaban J connectivity index is 1.41. The van der Waals surface area contributed by atoms with E-state index >= 15 is 0 Å². The van der Waals surface area contributed by atoms with Crippen molar-refractivity contribution in [2.75, 3.05) is 26.2 Å². The van der Waals surface area contributed by atoms with Crippen LogP contribution in [0.15, 0.2) is 54.7 Å². The molecule has 3 rings (SSSR count). The quantitative estimate of drug-likeness (QED) is 0.819. The highest BCUT2D eigenvalue weighted by Crippen LogP contribution is 2.28. The van der Waals surface area contributed by atoms with Crippen LogP contribution in [-0.2, 0) is 0 Å². The Labute approximate surface area is 138 Å². The van der Waals surface area contributed by atoms with E-state index < -0.39 is 0 Å². The average molecular weight is 312 g/mol. The Morgan fingerprint density at radius 3 is 2.48 bits per heavy atom. The van der Waals surface area contributed by atoms with Gasteiger partial charge in [0.2, 0.25) is 5.88 Å². The average Bonchev–Trinajstić information content (AvgIpc) is 2.59. The van der Waals surface area contributed by atoms with Gasteiger partial charge in [0.25, 0.3) is 0 Å². The molecule has 0 spiro atoms. The first-order valence-corrected chi connectivity index (χ1v) is 8.24. The number of benzene rings is 1. The maximum atomic E-state index is 6.20. The van der Waals surface area contributed by atoms with Crippen LogP contribution < -0.4 is 9.47 Å². The molecular weight excluding hydrogens is 288 g/mol. The third-order valence-corrected chi connectivity index (χ3v) is 4.32. The van der Waals surface area contributed by atoms with Crippen molar-refractivity contribution >= 4 is 0 Å². The number of ether oxygens (including phenoxy) is 2. The summed E-state index contributed by atoms with van der Waals surface area (Å²) < 4.78 is 11.9. The standard InChI is InChI=1S/C19H24N2O2/c1-19(23-17-7-3-2-4-8-17)10-13-21(14-11-19)15-16-22-18-9-5-6-12-20-18/h2-9,12H,10-11,13-16H2,1H3. The number of nitrogens with zero attached hydrogens (tertiary/aromatic N) is 2. The highest BCUT2D eigenvalue weighted by molar-refractivity contribution is 5.22. The van der Waals surface area contributed by atoms with E-state index in [1.165, 1.54) is 0 Å². The van der Waals surface area contributed by atoms with Crippen LogP contribution in [0.25, 0.3) is 0 Å². The normalized spacial score (nSPS) is 17.6. The van der Waals surface area contributed by atoms with E-state index in [-0.39, 0.29) is 5.60 Å². The molecule has 4 heteroatoms. The monoisotopic (exact) mass is 312 g/mol. The summed E-state index contributed by atoms with van der Waals surface area (Å²) in [6.07, 6.45) is 3.82. The van der Waals surface area contributed by atoms with Crippen LogP contribution in [0.3, 0.4) is 0 Å². The molecule has 23 heavy (non-hydrogen) atoms. The lowest BCUT2D eigenvalue weighted by atomic mass is 9.93. The largest absolute Gasteiger partial charge is 0.487 e. The Morgan fingerprint density at radius 1 is 1.04 bits per heavy atom. The maximum absolute atomic E-state index is 6.20. The third kappa shape index (κ3) is 4.70. The summed E-state index contributed by atoms with van der Waals surface area (Å²) in [4.78, 5) is 6.60. The van der Waals surface area contributed by atoms with E-state index in [4.69, 9.17) is 9.47 Å². The summed E-state index contributed by atoms with van der Waals surface area (Å²) in [6.45, 7) is 5.89. The molecule has 0 amide bonds. The van der Waals surface area contributed by atoms with Gasteiger partial charge in [0.05, 0.1) is 0 Å². The number of hydrogen-bond donors (Lipinski definition) is 0. The summed E-state index contributed by atoms with van der Waals surface area (Å²) >= 11 is 0. The number of rotatable bonds is 6. The highest BCUT2D eigenvalue weighted by atomic mass is 16.5. The summed E-state index contributed by atoms with van der Waals surface area (Å²) in [7, 11) is 0. The molecule has 0 atom stereocenters. The van der Waals surface area contributed by atoms with Crippen molar-refractivity contribution in [1.29, 1.82) is 0 Å². The predicted octanol–water partition coefficient (Wildman–Crippen LogP) is 3.39. The molecule has 0 saturated carbocycles. The van der Waals surface area contributed by atoms with Crippen molar-refractivity contribution in [2.45, 2.75) is 25.4 Å². The highest BCUT2D eigenvalue weighted by Gasteiger charge is 2.31. The lowest BCUT2D eigenvalue weighted by Crippen LogP contribution is -2.47. The van der Waals surface area contributed by atoms with E-state index in [0.717, 1.165) is 38.2 Å². The molecule has 0 aliphatic carbocycles. The molecule has 1 aromatic heterocycles. The molecule has 0 radical (unpaired) electrons. The second-order valence-electron chi connectivity index (χ2n) is 6.22. The number of hydrogen-bond acceptors (Lipinski definition) is 4. The van der Waals surface area contributed by atoms with Crippen LogP contribution in [-0.4, -0.2) is 41.7 Å². The molecule has 1 aliphatic rings. The Bertz CT molecular complexity index is 581. The lowest BCUT2D eigenvalue weighted by molar-refractivity contribution is 0.0134. The van der Waals surface area contributed by atoms with E-state index in [9.17, 15) is 0 Å². The van der Waals surface area contributed by atoms with Gasteiger partial charge in [-0.3, -0.25) is 4.90 Å². The first-order chi connectivity index (χ1) is 11.2. The van der Waals surface area contributed by atoms with Crippen molar-refractivity contribution < 1.29 is 9.47 Å². The Kier molecular flexibility index (Phi) is 5.13. The van der Waals surface area contributed by atoms with Crippen molar-refractivity contribution in [3.8, 4) is 11.6 Å². The zero-order chi connectivity index (χ0) is 16.0. The second-order valence-corrected chi connectivity index (χ2v) is 6.22. The summed E-state index contributed by atoms with van der Waals surface area (Å²) in [6, 6.07) is 15.8. The van der Waals surface area contributed by atoms with Gasteiger partial charge in [-0.1, -0.05) is 24.3 Å². The molecule has 1 aliphatic heterocycles. The fourth-order valence-corrected chi connectivity index (χ4v) is 2.84. The fraction of sp³-hybridized carbons (Fsp3) is 0.421. The molecule has 0 N–H and O–H groups in total. The van der Waals surface area contributed by atoms with E-state index in [1.54, 1.807) is 6.20 Å². The zero-order valence-electron chi connectivity index (χ0n) is 13.6. The van der Waals surface area contributed by atoms with Crippen molar-refractivity contribution in [2.24, 2.45) is 0 Å². The van der Waals surface area contributed by atoms with Crippen molar-refractivity contribution in [3.05, 3.63) is 54.7 Å². The van der Waals surface area contributed by atoms with Crippen LogP contribution in [0.1, 0.15) is 19.8 Å². The van der Waals surface area contributed by atoms with Gasteiger partial charge in [0, 0.05) is 31.9 Å². The minimum Gasteiger partial charge on any atom is -0.487 e. The van der Waals surface area contributed by atoms with Crippen LogP contribution >= 0.6 is 0 Å². The molecule has 2 aromatic rings. The summed E-state index contributed by atoms with van der Waals surface area (Å²) in [5, 5.41) is 0. The van der Waals surface area contributed by atoms with Crippen LogP contribution in [0.4, 0.5) is 0 Å². The molecule has 2 heterocycles. The molecule has 1 fully saturated rings. The molecule has 1 aromatic carbocycles. The molecule has 0 unspecified atom stereocenters.